The van der Waals surface area contributed by atoms with Crippen molar-refractivity contribution in [2.45, 2.75) is 39.0 Å². The van der Waals surface area contributed by atoms with Gasteiger partial charge in [-0.25, -0.2) is 4.79 Å². The minimum atomic E-state index is 0.0354. The molecule has 1 N–H and O–H groups in total. The van der Waals surface area contributed by atoms with E-state index in [-0.39, 0.29) is 6.03 Å². The number of rotatable bonds is 3. The number of anilines is 1. The van der Waals surface area contributed by atoms with Crippen molar-refractivity contribution in [3.8, 4) is 5.75 Å². The molecule has 1 aliphatic carbocycles. The Labute approximate surface area is 132 Å². The number of hydrogen-bond donors (Lipinski definition) is 1. The molecule has 1 heterocycles. The van der Waals surface area contributed by atoms with E-state index in [1.54, 1.807) is 0 Å². The molecule has 1 saturated heterocycles. The number of carbonyl (C=O) groups is 1. The second kappa shape index (κ2) is 7.03. The first-order valence-electron chi connectivity index (χ1n) is 8.55. The van der Waals surface area contributed by atoms with Gasteiger partial charge in [-0.05, 0) is 55.9 Å². The molecule has 0 aromatic heterocycles. The first-order valence-corrected chi connectivity index (χ1v) is 8.55. The molecular weight excluding hydrogens is 276 g/mol. The van der Waals surface area contributed by atoms with Crippen LogP contribution in [-0.4, -0.2) is 30.6 Å². The number of hydrogen-bond acceptors (Lipinski definition) is 2. The summed E-state index contributed by atoms with van der Waals surface area (Å²) in [5.41, 5.74) is 0.833. The molecule has 2 fully saturated rings. The Morgan fingerprint density at radius 3 is 2.64 bits per heavy atom. The van der Waals surface area contributed by atoms with Crippen molar-refractivity contribution >= 4 is 11.7 Å². The third kappa shape index (κ3) is 3.54. The SMILES string of the molecule is CCOc1ccc(NC(=O)N2CC[C@@H]3CCCC[C@@H]3C2)cc1. The molecule has 0 radical (unpaired) electrons. The molecule has 4 heteroatoms. The summed E-state index contributed by atoms with van der Waals surface area (Å²) >= 11 is 0. The van der Waals surface area contributed by atoms with Crippen molar-refractivity contribution < 1.29 is 9.53 Å². The van der Waals surface area contributed by atoms with E-state index < -0.39 is 0 Å². The van der Waals surface area contributed by atoms with E-state index in [1.165, 1.54) is 32.1 Å². The van der Waals surface area contributed by atoms with Crippen LogP contribution in [0.4, 0.5) is 10.5 Å². The summed E-state index contributed by atoms with van der Waals surface area (Å²) in [6.07, 6.45) is 6.52. The number of carbonyl (C=O) groups excluding carboxylic acids is 1. The molecule has 1 aliphatic heterocycles. The number of piperidine rings is 1. The van der Waals surface area contributed by atoms with Crippen LogP contribution in [0.2, 0.25) is 0 Å². The zero-order chi connectivity index (χ0) is 15.4. The van der Waals surface area contributed by atoms with Crippen LogP contribution in [-0.2, 0) is 0 Å². The van der Waals surface area contributed by atoms with E-state index in [0.29, 0.717) is 12.5 Å². The fourth-order valence-corrected chi connectivity index (χ4v) is 3.79. The molecule has 120 valence electrons. The number of amides is 2. The Morgan fingerprint density at radius 1 is 1.18 bits per heavy atom. The summed E-state index contributed by atoms with van der Waals surface area (Å²) in [6, 6.07) is 7.62. The average molecular weight is 302 g/mol. The topological polar surface area (TPSA) is 41.6 Å². The van der Waals surface area contributed by atoms with Crippen molar-refractivity contribution in [3.63, 3.8) is 0 Å². The van der Waals surface area contributed by atoms with Crippen LogP contribution in [0.1, 0.15) is 39.0 Å². The van der Waals surface area contributed by atoms with Gasteiger partial charge in [0.05, 0.1) is 6.61 Å². The number of nitrogens with zero attached hydrogens (tertiary/aromatic N) is 1. The lowest BCUT2D eigenvalue weighted by Crippen LogP contribution is -2.46. The molecule has 1 aromatic carbocycles. The van der Waals surface area contributed by atoms with Crippen LogP contribution in [0.15, 0.2) is 24.3 Å². The van der Waals surface area contributed by atoms with Gasteiger partial charge in [0, 0.05) is 18.8 Å². The largest absolute Gasteiger partial charge is 0.494 e. The maximum Gasteiger partial charge on any atom is 0.321 e. The van der Waals surface area contributed by atoms with E-state index >= 15 is 0 Å². The van der Waals surface area contributed by atoms with Crippen molar-refractivity contribution in [1.82, 2.24) is 4.90 Å². The highest BCUT2D eigenvalue weighted by molar-refractivity contribution is 5.89. The van der Waals surface area contributed by atoms with Crippen molar-refractivity contribution in [1.29, 1.82) is 0 Å². The molecule has 1 saturated carbocycles. The van der Waals surface area contributed by atoms with E-state index in [4.69, 9.17) is 4.74 Å². The lowest BCUT2D eigenvalue weighted by Gasteiger charge is -2.41. The van der Waals surface area contributed by atoms with Gasteiger partial charge in [-0.3, -0.25) is 0 Å². The summed E-state index contributed by atoms with van der Waals surface area (Å²) in [5.74, 6) is 2.40. The lowest BCUT2D eigenvalue weighted by atomic mass is 9.75. The fourth-order valence-electron chi connectivity index (χ4n) is 3.79. The minimum Gasteiger partial charge on any atom is -0.494 e. The van der Waals surface area contributed by atoms with Crippen LogP contribution < -0.4 is 10.1 Å². The monoisotopic (exact) mass is 302 g/mol. The van der Waals surface area contributed by atoms with Crippen LogP contribution in [0, 0.1) is 11.8 Å². The Morgan fingerprint density at radius 2 is 1.91 bits per heavy atom. The van der Waals surface area contributed by atoms with Gasteiger partial charge in [0.1, 0.15) is 5.75 Å². The molecule has 2 aliphatic rings. The Bertz CT molecular complexity index is 500. The highest BCUT2D eigenvalue weighted by Crippen LogP contribution is 2.36. The van der Waals surface area contributed by atoms with Gasteiger partial charge in [-0.1, -0.05) is 19.3 Å². The fraction of sp³-hybridized carbons (Fsp3) is 0.611. The van der Waals surface area contributed by atoms with E-state index in [1.807, 2.05) is 36.1 Å². The molecule has 3 rings (SSSR count). The second-order valence-corrected chi connectivity index (χ2v) is 6.43. The normalized spacial score (nSPS) is 24.5. The maximum atomic E-state index is 12.4. The number of likely N-dealkylation sites (tertiary alicyclic amines) is 1. The predicted molar refractivity (Wildman–Crippen MR) is 88.3 cm³/mol. The minimum absolute atomic E-state index is 0.0354. The van der Waals surface area contributed by atoms with Gasteiger partial charge in [0.25, 0.3) is 0 Å². The summed E-state index contributed by atoms with van der Waals surface area (Å²) in [7, 11) is 0. The molecule has 2 atom stereocenters. The number of fused-ring (bicyclic) bond motifs is 1. The second-order valence-electron chi connectivity index (χ2n) is 6.43. The van der Waals surface area contributed by atoms with Gasteiger partial charge in [0.2, 0.25) is 0 Å². The molecule has 4 nitrogen and oxygen atoms in total. The van der Waals surface area contributed by atoms with Crippen molar-refractivity contribution in [2.75, 3.05) is 25.0 Å². The Hall–Kier alpha value is -1.71. The zero-order valence-corrected chi connectivity index (χ0v) is 13.4. The summed E-state index contributed by atoms with van der Waals surface area (Å²) in [4.78, 5) is 14.4. The highest BCUT2D eigenvalue weighted by Gasteiger charge is 2.32. The molecule has 1 aromatic rings. The highest BCUT2D eigenvalue weighted by atomic mass is 16.5. The first kappa shape index (κ1) is 15.2. The van der Waals surface area contributed by atoms with Gasteiger partial charge in [-0.2, -0.15) is 0 Å². The quantitative estimate of drug-likeness (QED) is 0.912. The molecule has 0 bridgehead atoms. The van der Waals surface area contributed by atoms with Crippen LogP contribution in [0.25, 0.3) is 0 Å². The molecule has 22 heavy (non-hydrogen) atoms. The maximum absolute atomic E-state index is 12.4. The summed E-state index contributed by atoms with van der Waals surface area (Å²) in [6.45, 7) is 4.43. The zero-order valence-electron chi connectivity index (χ0n) is 13.4. The first-order chi connectivity index (χ1) is 10.8. The van der Waals surface area contributed by atoms with Gasteiger partial charge in [-0.15, -0.1) is 0 Å². The van der Waals surface area contributed by atoms with Crippen LogP contribution in [0.3, 0.4) is 0 Å². The Kier molecular flexibility index (Phi) is 4.86. The molecule has 0 spiro atoms. The third-order valence-electron chi connectivity index (χ3n) is 5.00. The third-order valence-corrected chi connectivity index (χ3v) is 5.00. The van der Waals surface area contributed by atoms with Gasteiger partial charge >= 0.3 is 6.03 Å². The van der Waals surface area contributed by atoms with Gasteiger partial charge < -0.3 is 15.0 Å². The van der Waals surface area contributed by atoms with Crippen molar-refractivity contribution in [3.05, 3.63) is 24.3 Å². The van der Waals surface area contributed by atoms with Gasteiger partial charge in [0.15, 0.2) is 0 Å². The van der Waals surface area contributed by atoms with E-state index in [2.05, 4.69) is 5.32 Å². The summed E-state index contributed by atoms with van der Waals surface area (Å²) in [5, 5.41) is 3.01. The average Bonchev–Trinajstić information content (AvgIpc) is 2.56. The molecular formula is C18H26N2O2. The predicted octanol–water partition coefficient (Wildman–Crippen LogP) is 4.13. The number of ether oxygens (including phenoxy) is 1. The van der Waals surface area contributed by atoms with Crippen molar-refractivity contribution in [2.24, 2.45) is 11.8 Å². The molecule has 0 unspecified atom stereocenters. The number of benzene rings is 1. The van der Waals surface area contributed by atoms with E-state index in [9.17, 15) is 4.79 Å². The smallest absolute Gasteiger partial charge is 0.321 e. The Balaban J connectivity index is 1.55. The number of urea groups is 1. The number of nitrogens with one attached hydrogen (secondary N) is 1. The summed E-state index contributed by atoms with van der Waals surface area (Å²) < 4.78 is 5.42. The standard InChI is InChI=1S/C18H26N2O2/c1-2-22-17-9-7-16(8-10-17)19-18(21)20-12-11-14-5-3-4-6-15(14)13-20/h7-10,14-15H,2-6,11-13H2,1H3,(H,19,21)/t14-,15+/m0/s1. The van der Waals surface area contributed by atoms with E-state index in [0.717, 1.165) is 30.4 Å². The lowest BCUT2D eigenvalue weighted by molar-refractivity contribution is 0.108. The van der Waals surface area contributed by atoms with Crippen LogP contribution in [0.5, 0.6) is 5.75 Å². The van der Waals surface area contributed by atoms with Crippen LogP contribution >= 0.6 is 0 Å². The molecule has 2 amide bonds.